The highest BCUT2D eigenvalue weighted by Gasteiger charge is 2.52. The van der Waals surface area contributed by atoms with Crippen molar-refractivity contribution in [2.24, 2.45) is 0 Å². The Bertz CT molecular complexity index is 888. The molecule has 2 amide bonds. The van der Waals surface area contributed by atoms with Crippen LogP contribution in [-0.4, -0.2) is 49.1 Å². The number of benzene rings is 1. The Balaban J connectivity index is 1.85. The average molecular weight is 430 g/mol. The van der Waals surface area contributed by atoms with E-state index in [-0.39, 0.29) is 19.1 Å². The first-order chi connectivity index (χ1) is 14.3. The lowest BCUT2D eigenvalue weighted by atomic mass is 9.77. The number of nitrogens with one attached hydrogen (secondary N) is 2. The molecule has 2 aliphatic rings. The molecule has 2 N–H and O–H groups in total. The summed E-state index contributed by atoms with van der Waals surface area (Å²) in [5, 5.41) is 5.55. The first-order valence-corrected chi connectivity index (χ1v) is 10.4. The Morgan fingerprint density at radius 1 is 1.23 bits per heavy atom. The molecule has 1 aromatic carbocycles. The monoisotopic (exact) mass is 430 g/mol. The maximum atomic E-state index is 12.2. The van der Waals surface area contributed by atoms with Gasteiger partial charge in [0.1, 0.15) is 11.4 Å². The topological polar surface area (TPSA) is 95.1 Å². The summed E-state index contributed by atoms with van der Waals surface area (Å²) in [5.74, 6) is 0.400. The molecule has 1 aromatic rings. The van der Waals surface area contributed by atoms with Gasteiger partial charge < -0.3 is 29.4 Å². The molecule has 0 atom stereocenters. The lowest BCUT2D eigenvalue weighted by Crippen LogP contribution is -2.41. The van der Waals surface area contributed by atoms with E-state index < -0.39 is 30.0 Å². The van der Waals surface area contributed by atoms with Crippen LogP contribution in [0.2, 0.25) is 0 Å². The van der Waals surface area contributed by atoms with Gasteiger partial charge in [0, 0.05) is 6.54 Å². The molecule has 2 aliphatic heterocycles. The Hall–Kier alpha value is -2.52. The van der Waals surface area contributed by atoms with Crippen molar-refractivity contribution in [1.82, 2.24) is 5.32 Å². The van der Waals surface area contributed by atoms with Gasteiger partial charge >= 0.3 is 13.2 Å². The highest BCUT2D eigenvalue weighted by molar-refractivity contribution is 6.56. The van der Waals surface area contributed by atoms with Gasteiger partial charge in [0.25, 0.3) is 5.91 Å². The van der Waals surface area contributed by atoms with Crippen molar-refractivity contribution in [2.45, 2.75) is 65.3 Å². The minimum Gasteiger partial charge on any atom is -0.482 e. The lowest BCUT2D eigenvalue weighted by molar-refractivity contribution is -0.118. The van der Waals surface area contributed by atoms with E-state index in [2.05, 4.69) is 10.6 Å². The predicted octanol–water partition coefficient (Wildman–Crippen LogP) is 3.56. The molecular weight excluding hydrogens is 399 g/mol. The smallest absolute Gasteiger partial charge is 0.482 e. The van der Waals surface area contributed by atoms with E-state index in [1.807, 2.05) is 66.7 Å². The molecule has 31 heavy (non-hydrogen) atoms. The first kappa shape index (κ1) is 23.2. The summed E-state index contributed by atoms with van der Waals surface area (Å²) in [6, 6.07) is 5.46. The number of ether oxygens (including phenoxy) is 2. The van der Waals surface area contributed by atoms with Crippen molar-refractivity contribution in [3.05, 3.63) is 29.2 Å². The number of carbonyl (C=O) groups excluding carboxylic acids is 2. The third kappa shape index (κ3) is 5.59. The van der Waals surface area contributed by atoms with Crippen LogP contribution in [0, 0.1) is 0 Å². The van der Waals surface area contributed by atoms with Gasteiger partial charge in [0.05, 0.1) is 16.9 Å². The van der Waals surface area contributed by atoms with E-state index in [0.29, 0.717) is 11.4 Å². The number of carbonyl (C=O) groups is 2. The fourth-order valence-corrected chi connectivity index (χ4v) is 3.08. The van der Waals surface area contributed by atoms with Crippen molar-refractivity contribution >= 4 is 30.9 Å². The van der Waals surface area contributed by atoms with Gasteiger partial charge in [0.15, 0.2) is 6.61 Å². The van der Waals surface area contributed by atoms with E-state index in [4.69, 9.17) is 18.8 Å². The number of rotatable bonds is 4. The Morgan fingerprint density at radius 2 is 1.87 bits per heavy atom. The first-order valence-electron chi connectivity index (χ1n) is 10.4. The van der Waals surface area contributed by atoms with Gasteiger partial charge in [-0.2, -0.15) is 0 Å². The summed E-state index contributed by atoms with van der Waals surface area (Å²) in [5.41, 5.74) is 0.531. The van der Waals surface area contributed by atoms with Crippen LogP contribution in [0.4, 0.5) is 10.5 Å². The SMILES string of the molecule is CC(C)(C)OC(=O)NCC(=Cc1ccc2c(c1)OCC(=O)N2)B1OC(C)(C)C(C)(C)O1. The number of anilines is 1. The van der Waals surface area contributed by atoms with E-state index in [1.165, 1.54) is 0 Å². The maximum Gasteiger partial charge on any atom is 0.492 e. The minimum absolute atomic E-state index is 0.0234. The van der Waals surface area contributed by atoms with Crippen molar-refractivity contribution < 1.29 is 28.4 Å². The highest BCUT2D eigenvalue weighted by Crippen LogP contribution is 2.39. The lowest BCUT2D eigenvalue weighted by Gasteiger charge is -2.32. The Morgan fingerprint density at radius 3 is 2.48 bits per heavy atom. The van der Waals surface area contributed by atoms with Crippen LogP contribution in [0.3, 0.4) is 0 Å². The summed E-state index contributed by atoms with van der Waals surface area (Å²) >= 11 is 0. The predicted molar refractivity (Wildman–Crippen MR) is 119 cm³/mol. The molecule has 0 aromatic heterocycles. The van der Waals surface area contributed by atoms with Crippen LogP contribution in [0.5, 0.6) is 5.75 Å². The van der Waals surface area contributed by atoms with Gasteiger partial charge in [-0.15, -0.1) is 0 Å². The molecule has 3 rings (SSSR count). The number of hydrogen-bond donors (Lipinski definition) is 2. The maximum absolute atomic E-state index is 12.2. The van der Waals surface area contributed by atoms with Crippen molar-refractivity contribution in [2.75, 3.05) is 18.5 Å². The number of amides is 2. The van der Waals surface area contributed by atoms with Crippen LogP contribution in [0.1, 0.15) is 54.0 Å². The molecule has 1 fully saturated rings. The largest absolute Gasteiger partial charge is 0.492 e. The molecule has 0 aliphatic carbocycles. The van der Waals surface area contributed by atoms with Gasteiger partial charge in [-0.1, -0.05) is 12.1 Å². The van der Waals surface area contributed by atoms with Gasteiger partial charge in [-0.25, -0.2) is 4.79 Å². The normalized spacial score (nSPS) is 19.9. The van der Waals surface area contributed by atoms with E-state index >= 15 is 0 Å². The van der Waals surface area contributed by atoms with Crippen LogP contribution in [-0.2, 0) is 18.8 Å². The van der Waals surface area contributed by atoms with Crippen LogP contribution >= 0.6 is 0 Å². The third-order valence-corrected chi connectivity index (χ3v) is 5.38. The zero-order valence-electron chi connectivity index (χ0n) is 19.3. The second-order valence-electron chi connectivity index (χ2n) is 9.76. The number of hydrogen-bond acceptors (Lipinski definition) is 6. The molecule has 9 heteroatoms. The number of fused-ring (bicyclic) bond motifs is 1. The molecule has 0 radical (unpaired) electrons. The fraction of sp³-hybridized carbons (Fsp3) is 0.545. The second kappa shape index (κ2) is 8.20. The van der Waals surface area contributed by atoms with Gasteiger partial charge in [-0.3, -0.25) is 4.79 Å². The van der Waals surface area contributed by atoms with E-state index in [1.54, 1.807) is 6.07 Å². The summed E-state index contributed by atoms with van der Waals surface area (Å²) in [7, 11) is -0.642. The molecule has 2 heterocycles. The Labute approximate surface area is 183 Å². The summed E-state index contributed by atoms with van der Waals surface area (Å²) < 4.78 is 23.2. The van der Waals surface area contributed by atoms with Crippen LogP contribution in [0.15, 0.2) is 23.7 Å². The zero-order valence-corrected chi connectivity index (χ0v) is 19.3. The van der Waals surface area contributed by atoms with Crippen molar-refractivity contribution in [1.29, 1.82) is 0 Å². The molecular formula is C22H31BN2O6. The van der Waals surface area contributed by atoms with Crippen molar-refractivity contribution in [3.8, 4) is 5.75 Å². The van der Waals surface area contributed by atoms with Gasteiger partial charge in [-0.05, 0) is 71.6 Å². The van der Waals surface area contributed by atoms with E-state index in [0.717, 1.165) is 11.0 Å². The molecule has 0 spiro atoms. The third-order valence-electron chi connectivity index (χ3n) is 5.38. The number of alkyl carbamates (subject to hydrolysis) is 1. The molecule has 168 valence electrons. The quantitative estimate of drug-likeness (QED) is 0.710. The van der Waals surface area contributed by atoms with Gasteiger partial charge in [0.2, 0.25) is 0 Å². The summed E-state index contributed by atoms with van der Waals surface area (Å²) in [4.78, 5) is 23.7. The zero-order chi connectivity index (χ0) is 23.0. The van der Waals surface area contributed by atoms with Crippen LogP contribution in [0.25, 0.3) is 6.08 Å². The molecule has 1 saturated heterocycles. The standard InChI is InChI=1S/C22H31BN2O6/c1-20(2,3)29-19(27)24-12-15(23-30-21(4,5)22(6,7)31-23)10-14-8-9-16-17(11-14)28-13-18(26)25-16/h8-11H,12-13H2,1-7H3,(H,24,27)(H,25,26). The van der Waals surface area contributed by atoms with Crippen molar-refractivity contribution in [3.63, 3.8) is 0 Å². The van der Waals surface area contributed by atoms with Crippen LogP contribution < -0.4 is 15.4 Å². The fourth-order valence-electron chi connectivity index (χ4n) is 3.08. The second-order valence-corrected chi connectivity index (χ2v) is 9.76. The minimum atomic E-state index is -0.642. The highest BCUT2D eigenvalue weighted by atomic mass is 16.7. The summed E-state index contributed by atoms with van der Waals surface area (Å²) in [6.07, 6.45) is 1.37. The molecule has 8 nitrogen and oxygen atoms in total. The van der Waals surface area contributed by atoms with E-state index in [9.17, 15) is 9.59 Å². The Kier molecular flexibility index (Phi) is 6.13. The summed E-state index contributed by atoms with van der Waals surface area (Å²) in [6.45, 7) is 13.5. The average Bonchev–Trinajstić information content (AvgIpc) is 2.84. The molecule has 0 saturated carbocycles. The molecule has 0 bridgehead atoms. The molecule has 0 unspecified atom stereocenters.